The number of allylic oxidation sites excluding steroid dienone is 10. The zero-order chi connectivity index (χ0) is 40.7. The number of carbonyl (C=O) groups excluding carboxylic acids is 2. The number of unbranched alkanes of at least 4 members (excludes halogenated alkanes) is 25. The topological polar surface area (TPSA) is 72.8 Å². The molecule has 0 aliphatic carbocycles. The van der Waals surface area contributed by atoms with Crippen molar-refractivity contribution < 1.29 is 24.2 Å². The Kier molecular flexibility index (Phi) is 45.0. The Hall–Kier alpha value is -2.40. The molecule has 0 saturated carbocycles. The average molecular weight is 783 g/mol. The van der Waals surface area contributed by atoms with Crippen molar-refractivity contribution in [3.8, 4) is 0 Å². The molecule has 0 rings (SSSR count). The fourth-order valence-electron chi connectivity index (χ4n) is 6.72. The Labute approximate surface area is 347 Å². The van der Waals surface area contributed by atoms with Gasteiger partial charge in [-0.3, -0.25) is 9.59 Å². The van der Waals surface area contributed by atoms with Crippen LogP contribution in [-0.4, -0.2) is 36.4 Å². The van der Waals surface area contributed by atoms with Crippen LogP contribution < -0.4 is 0 Å². The lowest BCUT2D eigenvalue weighted by atomic mass is 10.1. The van der Waals surface area contributed by atoms with Crippen LogP contribution in [0.15, 0.2) is 60.8 Å². The van der Waals surface area contributed by atoms with E-state index >= 15 is 0 Å². The first kappa shape index (κ1) is 53.6. The monoisotopic (exact) mass is 783 g/mol. The molecule has 0 fully saturated rings. The van der Waals surface area contributed by atoms with Crippen molar-refractivity contribution in [2.45, 2.75) is 238 Å². The van der Waals surface area contributed by atoms with Crippen LogP contribution in [-0.2, 0) is 19.1 Å². The van der Waals surface area contributed by atoms with Gasteiger partial charge in [0.1, 0.15) is 6.61 Å². The Balaban J connectivity index is 3.53. The SMILES string of the molecule is CC/C=C\C/C=C\C/C=C\C/C=C\CCCCCCCCCCC(=O)OC(CO)COC(=O)CCCCCCCCCCC/C=C\CCCCCCCCCC. The van der Waals surface area contributed by atoms with Gasteiger partial charge >= 0.3 is 11.9 Å². The third-order valence-corrected chi connectivity index (χ3v) is 10.3. The molecule has 0 aromatic carbocycles. The predicted molar refractivity (Wildman–Crippen MR) is 242 cm³/mol. The van der Waals surface area contributed by atoms with Crippen LogP contribution >= 0.6 is 0 Å². The highest BCUT2D eigenvalue weighted by atomic mass is 16.6. The van der Waals surface area contributed by atoms with Gasteiger partial charge in [-0.25, -0.2) is 0 Å². The highest BCUT2D eigenvalue weighted by Gasteiger charge is 2.16. The molecule has 0 aromatic heterocycles. The van der Waals surface area contributed by atoms with E-state index in [1.54, 1.807) is 0 Å². The fraction of sp³-hybridized carbons (Fsp3) is 0.765. The average Bonchev–Trinajstić information content (AvgIpc) is 3.20. The summed E-state index contributed by atoms with van der Waals surface area (Å²) >= 11 is 0. The minimum Gasteiger partial charge on any atom is -0.462 e. The number of aliphatic hydroxyl groups excluding tert-OH is 1. The minimum atomic E-state index is -0.779. The summed E-state index contributed by atoms with van der Waals surface area (Å²) in [6.07, 6.45) is 61.6. The van der Waals surface area contributed by atoms with Crippen LogP contribution in [0.3, 0.4) is 0 Å². The lowest BCUT2D eigenvalue weighted by Crippen LogP contribution is -2.28. The minimum absolute atomic E-state index is 0.0710. The number of ether oxygens (including phenoxy) is 2. The van der Waals surface area contributed by atoms with Crippen LogP contribution in [0.25, 0.3) is 0 Å². The molecular formula is C51H90O5. The summed E-state index contributed by atoms with van der Waals surface area (Å²) < 4.78 is 10.7. The fourth-order valence-corrected chi connectivity index (χ4v) is 6.72. The molecule has 0 bridgehead atoms. The molecule has 0 aliphatic heterocycles. The second-order valence-corrected chi connectivity index (χ2v) is 15.8. The van der Waals surface area contributed by atoms with Crippen LogP contribution in [0.2, 0.25) is 0 Å². The molecule has 1 unspecified atom stereocenters. The molecule has 5 heteroatoms. The highest BCUT2D eigenvalue weighted by Crippen LogP contribution is 2.14. The Morgan fingerprint density at radius 3 is 1.18 bits per heavy atom. The van der Waals surface area contributed by atoms with Crippen molar-refractivity contribution in [2.24, 2.45) is 0 Å². The van der Waals surface area contributed by atoms with Gasteiger partial charge in [0.25, 0.3) is 0 Å². The van der Waals surface area contributed by atoms with Gasteiger partial charge in [0.15, 0.2) is 6.10 Å². The van der Waals surface area contributed by atoms with Crippen molar-refractivity contribution in [3.05, 3.63) is 60.8 Å². The van der Waals surface area contributed by atoms with E-state index in [-0.39, 0.29) is 25.2 Å². The molecule has 0 spiro atoms. The van der Waals surface area contributed by atoms with E-state index in [9.17, 15) is 14.7 Å². The number of hydrogen-bond donors (Lipinski definition) is 1. The Morgan fingerprint density at radius 1 is 0.429 bits per heavy atom. The maximum Gasteiger partial charge on any atom is 0.306 e. The number of carbonyl (C=O) groups is 2. The molecule has 324 valence electrons. The largest absolute Gasteiger partial charge is 0.462 e. The van der Waals surface area contributed by atoms with Gasteiger partial charge in [0.05, 0.1) is 6.61 Å². The van der Waals surface area contributed by atoms with Crippen molar-refractivity contribution in [1.82, 2.24) is 0 Å². The number of rotatable bonds is 43. The van der Waals surface area contributed by atoms with E-state index in [1.807, 2.05) is 0 Å². The molecule has 0 amide bonds. The number of hydrogen-bond acceptors (Lipinski definition) is 5. The normalized spacial score (nSPS) is 12.7. The van der Waals surface area contributed by atoms with Gasteiger partial charge in [-0.1, -0.05) is 203 Å². The smallest absolute Gasteiger partial charge is 0.306 e. The Bertz CT molecular complexity index is 977. The van der Waals surface area contributed by atoms with Gasteiger partial charge < -0.3 is 14.6 Å². The van der Waals surface area contributed by atoms with Gasteiger partial charge in [-0.15, -0.1) is 0 Å². The first-order chi connectivity index (χ1) is 27.6. The summed E-state index contributed by atoms with van der Waals surface area (Å²) in [6.45, 7) is 4.03. The van der Waals surface area contributed by atoms with Gasteiger partial charge in [0, 0.05) is 12.8 Å². The molecule has 56 heavy (non-hydrogen) atoms. The number of aliphatic hydroxyl groups is 1. The molecule has 0 heterocycles. The van der Waals surface area contributed by atoms with E-state index in [1.165, 1.54) is 135 Å². The molecule has 0 saturated heterocycles. The molecule has 0 aliphatic rings. The van der Waals surface area contributed by atoms with E-state index in [0.29, 0.717) is 12.8 Å². The van der Waals surface area contributed by atoms with E-state index in [2.05, 4.69) is 74.6 Å². The molecule has 0 radical (unpaired) electrons. The lowest BCUT2D eigenvalue weighted by Gasteiger charge is -2.15. The molecule has 1 N–H and O–H groups in total. The number of esters is 2. The Morgan fingerprint density at radius 2 is 0.768 bits per heavy atom. The third-order valence-electron chi connectivity index (χ3n) is 10.3. The van der Waals surface area contributed by atoms with E-state index in [0.717, 1.165) is 70.6 Å². The quantitative estimate of drug-likeness (QED) is 0.0379. The van der Waals surface area contributed by atoms with E-state index < -0.39 is 6.10 Å². The van der Waals surface area contributed by atoms with Crippen molar-refractivity contribution >= 4 is 11.9 Å². The van der Waals surface area contributed by atoms with Crippen LogP contribution in [0.5, 0.6) is 0 Å². The van der Waals surface area contributed by atoms with Crippen molar-refractivity contribution in [3.63, 3.8) is 0 Å². The second kappa shape index (κ2) is 47.0. The van der Waals surface area contributed by atoms with Crippen LogP contribution in [0.4, 0.5) is 0 Å². The zero-order valence-electron chi connectivity index (χ0n) is 36.9. The molecule has 0 aromatic rings. The van der Waals surface area contributed by atoms with Crippen molar-refractivity contribution in [1.29, 1.82) is 0 Å². The summed E-state index contributed by atoms with van der Waals surface area (Å²) in [6, 6.07) is 0. The summed E-state index contributed by atoms with van der Waals surface area (Å²) in [5, 5.41) is 9.61. The lowest BCUT2D eigenvalue weighted by molar-refractivity contribution is -0.161. The van der Waals surface area contributed by atoms with Gasteiger partial charge in [-0.2, -0.15) is 0 Å². The zero-order valence-corrected chi connectivity index (χ0v) is 36.9. The van der Waals surface area contributed by atoms with Crippen molar-refractivity contribution in [2.75, 3.05) is 13.2 Å². The van der Waals surface area contributed by atoms with E-state index in [4.69, 9.17) is 9.47 Å². The first-order valence-corrected chi connectivity index (χ1v) is 23.8. The first-order valence-electron chi connectivity index (χ1n) is 23.8. The molecule has 1 atom stereocenters. The van der Waals surface area contributed by atoms with Gasteiger partial charge in [0.2, 0.25) is 0 Å². The molecular weight excluding hydrogens is 693 g/mol. The summed E-state index contributed by atoms with van der Waals surface area (Å²) in [5.74, 6) is -0.599. The maximum absolute atomic E-state index is 12.2. The second-order valence-electron chi connectivity index (χ2n) is 15.8. The summed E-state index contributed by atoms with van der Waals surface area (Å²) in [7, 11) is 0. The molecule has 5 nitrogen and oxygen atoms in total. The summed E-state index contributed by atoms with van der Waals surface area (Å²) in [4.78, 5) is 24.4. The van der Waals surface area contributed by atoms with Crippen LogP contribution in [0, 0.1) is 0 Å². The van der Waals surface area contributed by atoms with Crippen LogP contribution in [0.1, 0.15) is 232 Å². The van der Waals surface area contributed by atoms with Gasteiger partial charge in [-0.05, 0) is 77.0 Å². The maximum atomic E-state index is 12.2. The standard InChI is InChI=1S/C51H90O5/c1-3-5-7-9-11-13-15-17-19-21-23-25-27-29-31-33-35-37-39-41-43-45-50(53)55-48-49(47-52)56-51(54)46-44-42-40-38-36-34-32-30-28-26-24-22-20-18-16-14-12-10-8-6-4-2/h6,8,12,14,18,20-21,23-24,26,49,52H,3-5,7,9-11,13,15-17,19,22,25,27-48H2,1-2H3/b8-6-,14-12-,20-18-,23-21-,26-24-. The third kappa shape index (κ3) is 44.3. The summed E-state index contributed by atoms with van der Waals surface area (Å²) in [5.41, 5.74) is 0. The highest BCUT2D eigenvalue weighted by molar-refractivity contribution is 5.70. The predicted octanol–water partition coefficient (Wildman–Crippen LogP) is 15.5.